The van der Waals surface area contributed by atoms with Crippen LogP contribution in [0.15, 0.2) is 112 Å². The fourth-order valence-electron chi connectivity index (χ4n) is 4.79. The molecule has 0 heterocycles. The highest BCUT2D eigenvalue weighted by Crippen LogP contribution is 2.27. The van der Waals surface area contributed by atoms with E-state index >= 15 is 4.39 Å². The number of para-hydroxylation sites is 1. The maximum Gasteiger partial charge on any atom is 0.264 e. The summed E-state index contributed by atoms with van der Waals surface area (Å²) >= 11 is 3.43. The summed E-state index contributed by atoms with van der Waals surface area (Å²) in [6.45, 7) is 4.95. The molecule has 0 fully saturated rings. The molecule has 0 aliphatic carbocycles. The third-order valence-corrected chi connectivity index (χ3v) is 9.85. The number of hydrogen-bond donors (Lipinski definition) is 1. The average molecular weight is 695 g/mol. The molecule has 1 N–H and O–H groups in total. The van der Waals surface area contributed by atoms with E-state index in [0.717, 1.165) is 31.5 Å². The van der Waals surface area contributed by atoms with E-state index in [-0.39, 0.29) is 35.5 Å². The molecular formula is C35H37BrFN3O4S. The number of amides is 2. The van der Waals surface area contributed by atoms with E-state index in [4.69, 9.17) is 0 Å². The van der Waals surface area contributed by atoms with Gasteiger partial charge in [0.25, 0.3) is 10.0 Å². The Morgan fingerprint density at radius 3 is 2.11 bits per heavy atom. The molecule has 2 atom stereocenters. The Morgan fingerprint density at radius 2 is 1.49 bits per heavy atom. The predicted octanol–water partition coefficient (Wildman–Crippen LogP) is 6.65. The van der Waals surface area contributed by atoms with Crippen LogP contribution in [0.1, 0.15) is 37.0 Å². The number of rotatable bonds is 13. The highest BCUT2D eigenvalue weighted by atomic mass is 79.9. The van der Waals surface area contributed by atoms with Gasteiger partial charge >= 0.3 is 0 Å². The molecule has 236 valence electrons. The number of benzene rings is 4. The third kappa shape index (κ3) is 8.79. The molecule has 45 heavy (non-hydrogen) atoms. The van der Waals surface area contributed by atoms with Gasteiger partial charge in [0, 0.05) is 23.5 Å². The summed E-state index contributed by atoms with van der Waals surface area (Å²) in [6, 6.07) is 27.1. The van der Waals surface area contributed by atoms with Crippen LogP contribution in [-0.4, -0.2) is 43.8 Å². The summed E-state index contributed by atoms with van der Waals surface area (Å²) in [4.78, 5) is 29.6. The number of nitrogens with zero attached hydrogens (tertiary/aromatic N) is 2. The van der Waals surface area contributed by atoms with Gasteiger partial charge in [-0.1, -0.05) is 95.1 Å². The minimum atomic E-state index is -4.39. The van der Waals surface area contributed by atoms with Gasteiger partial charge in [-0.15, -0.1) is 0 Å². The number of halogens is 2. The first kappa shape index (κ1) is 33.9. The monoisotopic (exact) mass is 693 g/mol. The lowest BCUT2D eigenvalue weighted by atomic mass is 10.0. The molecule has 0 saturated heterocycles. The highest BCUT2D eigenvalue weighted by Gasteiger charge is 2.35. The summed E-state index contributed by atoms with van der Waals surface area (Å²) < 4.78 is 44.9. The van der Waals surface area contributed by atoms with Crippen molar-refractivity contribution in [2.24, 2.45) is 0 Å². The Hall–Kier alpha value is -4.02. The van der Waals surface area contributed by atoms with Crippen LogP contribution in [0.5, 0.6) is 0 Å². The van der Waals surface area contributed by atoms with Gasteiger partial charge in [-0.3, -0.25) is 13.9 Å². The van der Waals surface area contributed by atoms with Crippen LogP contribution < -0.4 is 9.62 Å². The largest absolute Gasteiger partial charge is 0.352 e. The molecule has 4 aromatic rings. The van der Waals surface area contributed by atoms with Crippen LogP contribution in [-0.2, 0) is 32.6 Å². The van der Waals surface area contributed by atoms with Gasteiger partial charge in [0.15, 0.2) is 0 Å². The lowest BCUT2D eigenvalue weighted by Gasteiger charge is -2.34. The smallest absolute Gasteiger partial charge is 0.264 e. The molecule has 4 rings (SSSR count). The van der Waals surface area contributed by atoms with Crippen LogP contribution >= 0.6 is 15.9 Å². The van der Waals surface area contributed by atoms with Crippen LogP contribution in [0.2, 0.25) is 0 Å². The normalized spacial score (nSPS) is 12.6. The van der Waals surface area contributed by atoms with Crippen LogP contribution in [0, 0.1) is 12.7 Å². The van der Waals surface area contributed by atoms with Crippen molar-refractivity contribution in [2.75, 3.05) is 10.8 Å². The van der Waals surface area contributed by atoms with Crippen molar-refractivity contribution in [3.05, 3.63) is 130 Å². The van der Waals surface area contributed by atoms with E-state index in [2.05, 4.69) is 21.2 Å². The number of carbonyl (C=O) groups excluding carboxylic acids is 2. The predicted molar refractivity (Wildman–Crippen MR) is 179 cm³/mol. The first-order valence-electron chi connectivity index (χ1n) is 14.7. The standard InChI is InChI=1S/C35H37BrFN3O4S/c1-4-26(3)38-35(42)33(22-27-10-6-5-7-11-27)39(23-28-16-18-29(36)19-17-28)34(41)24-40(32-13-9-8-12-31(32)37)45(43,44)30-20-14-25(2)15-21-30/h5-21,26,33H,4,22-24H2,1-3H3,(H,38,42)/t26-,33+/m0/s1. The molecule has 0 unspecified atom stereocenters. The van der Waals surface area contributed by atoms with Gasteiger partial charge in [-0.25, -0.2) is 12.8 Å². The van der Waals surface area contributed by atoms with Crippen molar-refractivity contribution in [3.8, 4) is 0 Å². The minimum Gasteiger partial charge on any atom is -0.352 e. The third-order valence-electron chi connectivity index (χ3n) is 7.55. The second-order valence-electron chi connectivity index (χ2n) is 10.9. The second kappa shape index (κ2) is 15.3. The minimum absolute atomic E-state index is 0.0211. The summed E-state index contributed by atoms with van der Waals surface area (Å²) in [7, 11) is -4.39. The average Bonchev–Trinajstić information content (AvgIpc) is 3.03. The molecule has 0 spiro atoms. The van der Waals surface area contributed by atoms with Gasteiger partial charge in [-0.05, 0) is 67.8 Å². The van der Waals surface area contributed by atoms with Gasteiger partial charge < -0.3 is 10.2 Å². The van der Waals surface area contributed by atoms with Crippen LogP contribution in [0.3, 0.4) is 0 Å². The molecule has 10 heteroatoms. The van der Waals surface area contributed by atoms with E-state index < -0.39 is 34.3 Å². The molecule has 0 saturated carbocycles. The molecule has 0 aliphatic rings. The Morgan fingerprint density at radius 1 is 0.867 bits per heavy atom. The fraction of sp³-hybridized carbons (Fsp3) is 0.257. The molecule has 0 aliphatic heterocycles. The lowest BCUT2D eigenvalue weighted by molar-refractivity contribution is -0.140. The zero-order valence-corrected chi connectivity index (χ0v) is 27.9. The lowest BCUT2D eigenvalue weighted by Crippen LogP contribution is -2.54. The van der Waals surface area contributed by atoms with Crippen molar-refractivity contribution < 1.29 is 22.4 Å². The first-order valence-corrected chi connectivity index (χ1v) is 16.9. The van der Waals surface area contributed by atoms with E-state index in [1.54, 1.807) is 12.1 Å². The zero-order valence-electron chi connectivity index (χ0n) is 25.5. The molecule has 7 nitrogen and oxygen atoms in total. The Bertz CT molecular complexity index is 1700. The SMILES string of the molecule is CC[C@H](C)NC(=O)[C@@H](Cc1ccccc1)N(Cc1ccc(Br)cc1)C(=O)CN(c1ccccc1F)S(=O)(=O)c1ccc(C)cc1. The van der Waals surface area contributed by atoms with Gasteiger partial charge in [-0.2, -0.15) is 0 Å². The number of sulfonamides is 1. The fourth-order valence-corrected chi connectivity index (χ4v) is 6.47. The summed E-state index contributed by atoms with van der Waals surface area (Å²) in [5.41, 5.74) is 2.14. The van der Waals surface area contributed by atoms with E-state index in [1.165, 1.54) is 35.2 Å². The molecule has 4 aromatic carbocycles. The summed E-state index contributed by atoms with van der Waals surface area (Å²) in [5.74, 6) is -1.81. The van der Waals surface area contributed by atoms with Gasteiger partial charge in [0.1, 0.15) is 18.4 Å². The number of hydrogen-bond acceptors (Lipinski definition) is 4. The van der Waals surface area contributed by atoms with E-state index in [0.29, 0.717) is 6.42 Å². The van der Waals surface area contributed by atoms with E-state index in [1.807, 2.05) is 75.4 Å². The van der Waals surface area contributed by atoms with Crippen molar-refractivity contribution in [1.82, 2.24) is 10.2 Å². The maximum absolute atomic E-state index is 15.2. The van der Waals surface area contributed by atoms with Crippen molar-refractivity contribution in [3.63, 3.8) is 0 Å². The number of anilines is 1. The van der Waals surface area contributed by atoms with Crippen molar-refractivity contribution in [1.29, 1.82) is 0 Å². The Balaban J connectivity index is 1.81. The van der Waals surface area contributed by atoms with Crippen LogP contribution in [0.4, 0.5) is 10.1 Å². The summed E-state index contributed by atoms with van der Waals surface area (Å²) in [6.07, 6.45) is 0.871. The molecular weight excluding hydrogens is 657 g/mol. The van der Waals surface area contributed by atoms with Crippen LogP contribution in [0.25, 0.3) is 0 Å². The highest BCUT2D eigenvalue weighted by molar-refractivity contribution is 9.10. The van der Waals surface area contributed by atoms with Crippen molar-refractivity contribution >= 4 is 43.5 Å². The Kier molecular flexibility index (Phi) is 11.5. The number of aryl methyl sites for hydroxylation is 1. The Labute approximate surface area is 273 Å². The zero-order chi connectivity index (χ0) is 32.6. The van der Waals surface area contributed by atoms with Crippen molar-refractivity contribution in [2.45, 2.75) is 57.1 Å². The summed E-state index contributed by atoms with van der Waals surface area (Å²) in [5, 5.41) is 3.00. The van der Waals surface area contributed by atoms with Gasteiger partial charge in [0.05, 0.1) is 10.6 Å². The molecule has 0 radical (unpaired) electrons. The molecule has 0 bridgehead atoms. The molecule has 0 aromatic heterocycles. The second-order valence-corrected chi connectivity index (χ2v) is 13.7. The van der Waals surface area contributed by atoms with E-state index in [9.17, 15) is 18.0 Å². The first-order chi connectivity index (χ1) is 21.5. The number of nitrogens with one attached hydrogen (secondary N) is 1. The quantitative estimate of drug-likeness (QED) is 0.170. The molecule has 2 amide bonds. The number of carbonyl (C=O) groups is 2. The topological polar surface area (TPSA) is 86.8 Å². The van der Waals surface area contributed by atoms with Gasteiger partial charge in [0.2, 0.25) is 11.8 Å². The maximum atomic E-state index is 15.2.